The number of nitrogens with one attached hydrogen (secondary N) is 1. The lowest BCUT2D eigenvalue weighted by molar-refractivity contribution is 0.1000. The van der Waals surface area contributed by atoms with Gasteiger partial charge in [-0.25, -0.2) is 13.1 Å². The molecule has 1 aromatic carbocycles. The smallest absolute Gasteiger partial charge is 0.248 e. The largest absolute Gasteiger partial charge is 0.394 e. The first-order valence-corrected chi connectivity index (χ1v) is 6.71. The van der Waals surface area contributed by atoms with Crippen LogP contribution < -0.4 is 10.5 Å². The molecule has 0 aliphatic heterocycles. The number of benzene rings is 1. The topological polar surface area (TPSA) is 109 Å². The van der Waals surface area contributed by atoms with Crippen LogP contribution >= 0.6 is 0 Å². The second kappa shape index (κ2) is 5.05. The van der Waals surface area contributed by atoms with Crippen molar-refractivity contribution in [3.63, 3.8) is 0 Å². The Balaban J connectivity index is 3.13. The van der Waals surface area contributed by atoms with E-state index in [1.807, 2.05) is 0 Å². The van der Waals surface area contributed by atoms with Crippen molar-refractivity contribution < 1.29 is 18.3 Å². The molecule has 0 bridgehead atoms. The summed E-state index contributed by atoms with van der Waals surface area (Å²) < 4.78 is 26.3. The highest BCUT2D eigenvalue weighted by Crippen LogP contribution is 2.14. The number of nitrogens with two attached hydrogens (primary N) is 1. The van der Waals surface area contributed by atoms with Gasteiger partial charge in [-0.1, -0.05) is 6.07 Å². The lowest BCUT2D eigenvalue weighted by Crippen LogP contribution is -2.46. The van der Waals surface area contributed by atoms with Crippen molar-refractivity contribution in [3.05, 3.63) is 29.8 Å². The van der Waals surface area contributed by atoms with Crippen molar-refractivity contribution >= 4 is 15.9 Å². The quantitative estimate of drug-likeness (QED) is 0.691. The highest BCUT2D eigenvalue weighted by atomic mass is 32.2. The lowest BCUT2D eigenvalue weighted by atomic mass is 10.1. The zero-order valence-corrected chi connectivity index (χ0v) is 11.0. The Morgan fingerprint density at radius 1 is 1.44 bits per heavy atom. The molecule has 18 heavy (non-hydrogen) atoms. The molecule has 0 saturated heterocycles. The van der Waals surface area contributed by atoms with Crippen LogP contribution in [-0.4, -0.2) is 31.6 Å². The highest BCUT2D eigenvalue weighted by Gasteiger charge is 2.25. The minimum atomic E-state index is -3.80. The van der Waals surface area contributed by atoms with E-state index in [1.165, 1.54) is 24.3 Å². The van der Waals surface area contributed by atoms with Crippen molar-refractivity contribution in [2.45, 2.75) is 24.3 Å². The number of carbonyl (C=O) groups is 1. The van der Waals surface area contributed by atoms with Crippen LogP contribution in [0.15, 0.2) is 29.2 Å². The van der Waals surface area contributed by atoms with E-state index in [-0.39, 0.29) is 17.1 Å². The summed E-state index contributed by atoms with van der Waals surface area (Å²) in [6.45, 7) is 2.74. The zero-order valence-electron chi connectivity index (χ0n) is 10.2. The molecule has 6 nitrogen and oxygen atoms in total. The summed E-state index contributed by atoms with van der Waals surface area (Å²) in [4.78, 5) is 10.9. The van der Waals surface area contributed by atoms with Crippen LogP contribution in [0.4, 0.5) is 0 Å². The molecule has 0 aliphatic rings. The summed E-state index contributed by atoms with van der Waals surface area (Å²) in [6.07, 6.45) is 0. The number of hydrogen-bond acceptors (Lipinski definition) is 4. The molecule has 0 saturated carbocycles. The number of aliphatic hydroxyl groups excluding tert-OH is 1. The van der Waals surface area contributed by atoms with Gasteiger partial charge in [-0.15, -0.1) is 0 Å². The summed E-state index contributed by atoms with van der Waals surface area (Å²) in [6, 6.07) is 5.40. The average Bonchev–Trinajstić information content (AvgIpc) is 2.28. The first-order valence-electron chi connectivity index (χ1n) is 5.23. The van der Waals surface area contributed by atoms with Crippen LogP contribution in [0.25, 0.3) is 0 Å². The molecule has 7 heteroatoms. The molecule has 1 rings (SSSR count). The molecule has 0 aromatic heterocycles. The molecule has 4 N–H and O–H groups in total. The van der Waals surface area contributed by atoms with Gasteiger partial charge in [0.15, 0.2) is 0 Å². The fourth-order valence-electron chi connectivity index (χ4n) is 1.27. The van der Waals surface area contributed by atoms with E-state index in [0.717, 1.165) is 0 Å². The van der Waals surface area contributed by atoms with Gasteiger partial charge in [-0.3, -0.25) is 4.79 Å². The van der Waals surface area contributed by atoms with Crippen LogP contribution in [0.2, 0.25) is 0 Å². The highest BCUT2D eigenvalue weighted by molar-refractivity contribution is 7.89. The number of amides is 1. The molecular formula is C11H16N2O4S. The van der Waals surface area contributed by atoms with Gasteiger partial charge in [0.2, 0.25) is 15.9 Å². The first kappa shape index (κ1) is 14.6. The van der Waals surface area contributed by atoms with Gasteiger partial charge in [0.05, 0.1) is 17.0 Å². The molecular weight excluding hydrogens is 256 g/mol. The monoisotopic (exact) mass is 272 g/mol. The maximum Gasteiger partial charge on any atom is 0.248 e. The fraction of sp³-hybridized carbons (Fsp3) is 0.364. The number of aliphatic hydroxyl groups is 1. The molecule has 0 fully saturated rings. The number of sulfonamides is 1. The standard InChI is InChI=1S/C11H16N2O4S/c1-11(2,7-14)13-18(16,17)9-5-3-4-8(6-9)10(12)15/h3-6,13-14H,7H2,1-2H3,(H2,12,15). The van der Waals surface area contributed by atoms with Crippen LogP contribution in [0.3, 0.4) is 0 Å². The second-order valence-corrected chi connectivity index (χ2v) is 6.22. The van der Waals surface area contributed by atoms with Gasteiger partial charge in [0.25, 0.3) is 0 Å². The molecule has 0 radical (unpaired) electrons. The van der Waals surface area contributed by atoms with E-state index < -0.39 is 21.5 Å². The Morgan fingerprint density at radius 2 is 2.06 bits per heavy atom. The van der Waals surface area contributed by atoms with Crippen LogP contribution in [0.1, 0.15) is 24.2 Å². The molecule has 100 valence electrons. The van der Waals surface area contributed by atoms with E-state index in [0.29, 0.717) is 0 Å². The molecule has 0 unspecified atom stereocenters. The molecule has 0 spiro atoms. The minimum absolute atomic E-state index is 0.0691. The molecule has 1 aromatic rings. The minimum Gasteiger partial charge on any atom is -0.394 e. The van der Waals surface area contributed by atoms with Crippen molar-refractivity contribution in [1.29, 1.82) is 0 Å². The van der Waals surface area contributed by atoms with E-state index in [4.69, 9.17) is 10.8 Å². The maximum atomic E-state index is 12.0. The third-order valence-electron chi connectivity index (χ3n) is 2.23. The maximum absolute atomic E-state index is 12.0. The van der Waals surface area contributed by atoms with Crippen LogP contribution in [0, 0.1) is 0 Å². The van der Waals surface area contributed by atoms with Gasteiger partial charge in [0.1, 0.15) is 0 Å². The van der Waals surface area contributed by atoms with Gasteiger partial charge < -0.3 is 10.8 Å². The number of rotatable bonds is 5. The molecule has 0 heterocycles. The van der Waals surface area contributed by atoms with E-state index in [2.05, 4.69) is 4.72 Å². The van der Waals surface area contributed by atoms with Crippen LogP contribution in [0.5, 0.6) is 0 Å². The average molecular weight is 272 g/mol. The summed E-state index contributed by atoms with van der Waals surface area (Å²) in [7, 11) is -3.80. The SMILES string of the molecule is CC(C)(CO)NS(=O)(=O)c1cccc(C(N)=O)c1. The van der Waals surface area contributed by atoms with Crippen molar-refractivity contribution in [2.24, 2.45) is 5.73 Å². The predicted molar refractivity (Wildman–Crippen MR) is 66.4 cm³/mol. The fourth-order valence-corrected chi connectivity index (χ4v) is 2.72. The summed E-state index contributed by atoms with van der Waals surface area (Å²) >= 11 is 0. The summed E-state index contributed by atoms with van der Waals surface area (Å²) in [5.74, 6) is -0.700. The Kier molecular flexibility index (Phi) is 4.10. The Bertz CT molecular complexity index is 552. The van der Waals surface area contributed by atoms with Crippen LogP contribution in [-0.2, 0) is 10.0 Å². The Hall–Kier alpha value is -1.44. The third kappa shape index (κ3) is 3.52. The van der Waals surface area contributed by atoms with Gasteiger partial charge >= 0.3 is 0 Å². The number of carbonyl (C=O) groups excluding carboxylic acids is 1. The van der Waals surface area contributed by atoms with E-state index >= 15 is 0 Å². The van der Waals surface area contributed by atoms with E-state index in [1.54, 1.807) is 13.8 Å². The molecule has 0 aliphatic carbocycles. The Morgan fingerprint density at radius 3 is 2.56 bits per heavy atom. The van der Waals surface area contributed by atoms with Crippen molar-refractivity contribution in [3.8, 4) is 0 Å². The first-order chi connectivity index (χ1) is 8.18. The predicted octanol–water partition coefficient (Wildman–Crippen LogP) is -0.165. The van der Waals surface area contributed by atoms with Crippen molar-refractivity contribution in [2.75, 3.05) is 6.61 Å². The second-order valence-electron chi connectivity index (χ2n) is 4.54. The molecule has 1 amide bonds. The van der Waals surface area contributed by atoms with E-state index in [9.17, 15) is 13.2 Å². The third-order valence-corrected chi connectivity index (χ3v) is 3.93. The summed E-state index contributed by atoms with van der Waals surface area (Å²) in [5.41, 5.74) is 4.21. The van der Waals surface area contributed by atoms with Gasteiger partial charge in [-0.2, -0.15) is 0 Å². The normalized spacial score (nSPS) is 12.4. The zero-order chi connectivity index (χ0) is 14.0. The number of primary amides is 1. The Labute approximate surface area is 106 Å². The summed E-state index contributed by atoms with van der Waals surface area (Å²) in [5, 5.41) is 9.05. The number of hydrogen-bond donors (Lipinski definition) is 3. The van der Waals surface area contributed by atoms with Gasteiger partial charge in [0, 0.05) is 5.56 Å². The lowest BCUT2D eigenvalue weighted by Gasteiger charge is -2.23. The van der Waals surface area contributed by atoms with Gasteiger partial charge in [-0.05, 0) is 32.0 Å². The van der Waals surface area contributed by atoms with Crippen molar-refractivity contribution in [1.82, 2.24) is 4.72 Å². The molecule has 0 atom stereocenters.